The van der Waals surface area contributed by atoms with Crippen LogP contribution >= 0.6 is 11.3 Å². The Bertz CT molecular complexity index is 361. The molecule has 0 saturated carbocycles. The Morgan fingerprint density at radius 1 is 1.38 bits per heavy atom. The van der Waals surface area contributed by atoms with Gasteiger partial charge < -0.3 is 5.32 Å². The molecule has 2 fully saturated rings. The lowest BCUT2D eigenvalue weighted by Gasteiger charge is -2.34. The minimum absolute atomic E-state index is 0.912. The van der Waals surface area contributed by atoms with Crippen molar-refractivity contribution < 1.29 is 0 Å². The third-order valence-electron chi connectivity index (χ3n) is 3.96. The minimum atomic E-state index is 0.912. The first-order valence-corrected chi connectivity index (χ1v) is 7.11. The summed E-state index contributed by atoms with van der Waals surface area (Å²) in [6, 6.07) is 4.53. The van der Waals surface area contributed by atoms with Gasteiger partial charge in [-0.2, -0.15) is 0 Å². The van der Waals surface area contributed by atoms with E-state index in [4.69, 9.17) is 0 Å². The molecule has 0 radical (unpaired) electrons. The van der Waals surface area contributed by atoms with E-state index in [1.807, 2.05) is 11.3 Å². The summed E-state index contributed by atoms with van der Waals surface area (Å²) in [5.41, 5.74) is 0. The Morgan fingerprint density at radius 2 is 2.25 bits per heavy atom. The van der Waals surface area contributed by atoms with Crippen LogP contribution in [0.25, 0.3) is 0 Å². The van der Waals surface area contributed by atoms with Gasteiger partial charge in [-0.15, -0.1) is 11.3 Å². The van der Waals surface area contributed by atoms with Crippen molar-refractivity contribution in [3.8, 4) is 0 Å². The highest BCUT2D eigenvalue weighted by Crippen LogP contribution is 2.28. The number of hydrogen-bond acceptors (Lipinski definition) is 3. The van der Waals surface area contributed by atoms with Crippen LogP contribution in [0.5, 0.6) is 0 Å². The van der Waals surface area contributed by atoms with E-state index in [1.54, 1.807) is 0 Å². The molecule has 3 heterocycles. The van der Waals surface area contributed by atoms with Gasteiger partial charge in [0.2, 0.25) is 0 Å². The molecule has 2 saturated heterocycles. The summed E-state index contributed by atoms with van der Waals surface area (Å²) in [4.78, 5) is 5.61. The highest BCUT2D eigenvalue weighted by atomic mass is 32.1. The third kappa shape index (κ3) is 2.17. The number of rotatable bonds is 2. The van der Waals surface area contributed by atoms with Gasteiger partial charge in [-0.3, -0.25) is 4.90 Å². The van der Waals surface area contributed by atoms with E-state index < -0.39 is 0 Å². The van der Waals surface area contributed by atoms with Gasteiger partial charge in [-0.25, -0.2) is 0 Å². The number of nitrogens with zero attached hydrogens (tertiary/aromatic N) is 1. The predicted molar refractivity (Wildman–Crippen MR) is 68.8 cm³/mol. The van der Waals surface area contributed by atoms with Crippen LogP contribution in [0.15, 0.2) is 12.1 Å². The molecule has 2 atom stereocenters. The lowest BCUT2D eigenvalue weighted by Crippen LogP contribution is -2.39. The molecule has 0 aromatic carbocycles. The number of aryl methyl sites for hydroxylation is 1. The van der Waals surface area contributed by atoms with Gasteiger partial charge >= 0.3 is 0 Å². The van der Waals surface area contributed by atoms with Crippen molar-refractivity contribution in [1.82, 2.24) is 10.2 Å². The molecule has 16 heavy (non-hydrogen) atoms. The Labute approximate surface area is 102 Å². The molecule has 2 nitrogen and oxygen atoms in total. The van der Waals surface area contributed by atoms with Crippen molar-refractivity contribution in [3.05, 3.63) is 21.9 Å². The Kier molecular flexibility index (Phi) is 3.01. The summed E-state index contributed by atoms with van der Waals surface area (Å²) in [7, 11) is 0. The molecule has 2 aliphatic heterocycles. The smallest absolute Gasteiger partial charge is 0.0328 e. The molecule has 3 heteroatoms. The molecule has 0 amide bonds. The Hall–Kier alpha value is -0.380. The fourth-order valence-electron chi connectivity index (χ4n) is 3.04. The van der Waals surface area contributed by atoms with E-state index in [2.05, 4.69) is 29.3 Å². The predicted octanol–water partition coefficient (Wildman–Crippen LogP) is 2.10. The Morgan fingerprint density at radius 3 is 3.06 bits per heavy atom. The van der Waals surface area contributed by atoms with E-state index in [9.17, 15) is 0 Å². The monoisotopic (exact) mass is 236 g/mol. The summed E-state index contributed by atoms with van der Waals surface area (Å²) in [6.07, 6.45) is 1.39. The second-order valence-corrected chi connectivity index (χ2v) is 6.59. The summed E-state index contributed by atoms with van der Waals surface area (Å²) in [5, 5.41) is 3.53. The summed E-state index contributed by atoms with van der Waals surface area (Å²) in [6.45, 7) is 8.46. The fourth-order valence-corrected chi connectivity index (χ4v) is 3.98. The van der Waals surface area contributed by atoms with Crippen molar-refractivity contribution in [2.75, 3.05) is 26.2 Å². The van der Waals surface area contributed by atoms with Crippen LogP contribution in [-0.2, 0) is 6.54 Å². The van der Waals surface area contributed by atoms with Crippen molar-refractivity contribution in [2.24, 2.45) is 11.8 Å². The van der Waals surface area contributed by atoms with E-state index >= 15 is 0 Å². The highest BCUT2D eigenvalue weighted by molar-refractivity contribution is 7.11. The lowest BCUT2D eigenvalue weighted by atomic mass is 9.89. The Balaban J connectivity index is 1.60. The number of fused-ring (bicyclic) bond motifs is 1. The molecule has 0 bridgehead atoms. The molecular formula is C13H20N2S. The fraction of sp³-hybridized carbons (Fsp3) is 0.692. The number of piperidine rings is 1. The van der Waals surface area contributed by atoms with Gasteiger partial charge in [0.15, 0.2) is 0 Å². The van der Waals surface area contributed by atoms with Crippen LogP contribution in [0.3, 0.4) is 0 Å². The van der Waals surface area contributed by atoms with Crippen molar-refractivity contribution in [2.45, 2.75) is 19.9 Å². The van der Waals surface area contributed by atoms with Crippen LogP contribution in [0.1, 0.15) is 16.2 Å². The molecule has 88 valence electrons. The summed E-state index contributed by atoms with van der Waals surface area (Å²) >= 11 is 1.95. The first kappa shape index (κ1) is 10.8. The van der Waals surface area contributed by atoms with Crippen molar-refractivity contribution in [3.63, 3.8) is 0 Å². The zero-order chi connectivity index (χ0) is 11.0. The second-order valence-electron chi connectivity index (χ2n) is 5.21. The molecule has 1 N–H and O–H groups in total. The SMILES string of the molecule is Cc1ccc(CN2CCC3CNCC3C2)s1. The summed E-state index contributed by atoms with van der Waals surface area (Å²) in [5.74, 6) is 1.87. The number of thiophene rings is 1. The second kappa shape index (κ2) is 4.47. The first-order valence-electron chi connectivity index (χ1n) is 6.29. The maximum atomic E-state index is 3.53. The molecule has 2 aliphatic rings. The largest absolute Gasteiger partial charge is 0.316 e. The quantitative estimate of drug-likeness (QED) is 0.846. The highest BCUT2D eigenvalue weighted by Gasteiger charge is 2.32. The van der Waals surface area contributed by atoms with Crippen LogP contribution in [0.4, 0.5) is 0 Å². The average Bonchev–Trinajstić information content (AvgIpc) is 2.87. The number of likely N-dealkylation sites (tertiary alicyclic amines) is 1. The maximum Gasteiger partial charge on any atom is 0.0328 e. The van der Waals surface area contributed by atoms with E-state index in [1.165, 1.54) is 48.9 Å². The van der Waals surface area contributed by atoms with Crippen LogP contribution in [0, 0.1) is 18.8 Å². The topological polar surface area (TPSA) is 15.3 Å². The first-order chi connectivity index (χ1) is 7.81. The minimum Gasteiger partial charge on any atom is -0.316 e. The maximum absolute atomic E-state index is 3.53. The standard InChI is InChI=1S/C13H20N2S/c1-10-2-3-13(16-10)9-15-5-4-11-6-14-7-12(11)8-15/h2-3,11-12,14H,4-9H2,1H3. The molecule has 2 unspecified atom stereocenters. The average molecular weight is 236 g/mol. The van der Waals surface area contributed by atoms with Gasteiger partial charge in [0.25, 0.3) is 0 Å². The van der Waals surface area contributed by atoms with Crippen LogP contribution < -0.4 is 5.32 Å². The molecule has 3 rings (SSSR count). The van der Waals surface area contributed by atoms with Gasteiger partial charge in [-0.1, -0.05) is 0 Å². The molecular weight excluding hydrogens is 216 g/mol. The van der Waals surface area contributed by atoms with E-state index in [-0.39, 0.29) is 0 Å². The number of hydrogen-bond donors (Lipinski definition) is 1. The van der Waals surface area contributed by atoms with Gasteiger partial charge in [-0.05, 0) is 56.9 Å². The normalized spacial score (nSPS) is 30.6. The zero-order valence-corrected chi connectivity index (χ0v) is 10.7. The van der Waals surface area contributed by atoms with Crippen molar-refractivity contribution in [1.29, 1.82) is 0 Å². The van der Waals surface area contributed by atoms with Gasteiger partial charge in [0, 0.05) is 22.8 Å². The molecule has 1 aromatic rings. The van der Waals surface area contributed by atoms with Crippen LogP contribution in [-0.4, -0.2) is 31.1 Å². The van der Waals surface area contributed by atoms with Gasteiger partial charge in [0.05, 0.1) is 0 Å². The number of nitrogens with one attached hydrogen (secondary N) is 1. The zero-order valence-electron chi connectivity index (χ0n) is 9.91. The van der Waals surface area contributed by atoms with Crippen molar-refractivity contribution >= 4 is 11.3 Å². The van der Waals surface area contributed by atoms with Crippen LogP contribution in [0.2, 0.25) is 0 Å². The summed E-state index contributed by atoms with van der Waals surface area (Å²) < 4.78 is 0. The lowest BCUT2D eigenvalue weighted by molar-refractivity contribution is 0.143. The molecule has 0 spiro atoms. The van der Waals surface area contributed by atoms with E-state index in [0.29, 0.717) is 0 Å². The molecule has 1 aromatic heterocycles. The third-order valence-corrected chi connectivity index (χ3v) is 4.95. The molecule has 0 aliphatic carbocycles. The van der Waals surface area contributed by atoms with E-state index in [0.717, 1.165) is 11.8 Å². The van der Waals surface area contributed by atoms with Gasteiger partial charge in [0.1, 0.15) is 0 Å².